The summed E-state index contributed by atoms with van der Waals surface area (Å²) in [4.78, 5) is 0. The van der Waals surface area contributed by atoms with Crippen molar-refractivity contribution in [3.8, 4) is 0 Å². The molecule has 0 aromatic rings. The van der Waals surface area contributed by atoms with Crippen molar-refractivity contribution in [2.45, 2.75) is 59.2 Å². The molecule has 1 aliphatic rings. The van der Waals surface area contributed by atoms with Gasteiger partial charge in [-0.15, -0.1) is 0 Å². The van der Waals surface area contributed by atoms with Crippen LogP contribution in [-0.2, 0) is 9.47 Å². The summed E-state index contributed by atoms with van der Waals surface area (Å²) in [5.41, 5.74) is 0.169. The lowest BCUT2D eigenvalue weighted by molar-refractivity contribution is -0.303. The summed E-state index contributed by atoms with van der Waals surface area (Å²) in [5.74, 6) is -0.308. The van der Waals surface area contributed by atoms with Gasteiger partial charge in [-0.3, -0.25) is 0 Å². The monoisotopic (exact) mass is 226 g/mol. The summed E-state index contributed by atoms with van der Waals surface area (Å²) < 4.78 is 11.9. The van der Waals surface area contributed by atoms with Crippen molar-refractivity contribution < 1.29 is 9.47 Å². The molecule has 1 saturated heterocycles. The van der Waals surface area contributed by atoms with Crippen molar-refractivity contribution in [2.75, 3.05) is 13.2 Å². The van der Waals surface area contributed by atoms with Gasteiger partial charge in [0.2, 0.25) is 0 Å². The lowest BCUT2D eigenvalue weighted by Crippen LogP contribution is -2.47. The lowest BCUT2D eigenvalue weighted by atomic mass is 9.93. The zero-order chi connectivity index (χ0) is 12.1. The largest absolute Gasteiger partial charge is 0.349 e. The van der Waals surface area contributed by atoms with E-state index in [4.69, 9.17) is 9.47 Å². The highest BCUT2D eigenvalue weighted by molar-refractivity contribution is 4.82. The minimum Gasteiger partial charge on any atom is -0.349 e. The molecule has 0 atom stereocenters. The fourth-order valence-electron chi connectivity index (χ4n) is 1.92. The van der Waals surface area contributed by atoms with Crippen LogP contribution in [0.3, 0.4) is 0 Å². The number of ether oxygens (including phenoxy) is 2. The van der Waals surface area contributed by atoms with Crippen LogP contribution in [0.1, 0.15) is 53.4 Å². The van der Waals surface area contributed by atoms with Crippen LogP contribution in [0, 0.1) is 5.41 Å². The number of rotatable bonds is 5. The van der Waals surface area contributed by atoms with Crippen LogP contribution in [0.25, 0.3) is 0 Å². The molecule has 0 saturated carbocycles. The quantitative estimate of drug-likeness (QED) is 0.522. The highest BCUT2D eigenvalue weighted by Crippen LogP contribution is 2.34. The first-order valence-electron chi connectivity index (χ1n) is 6.43. The van der Waals surface area contributed by atoms with Crippen LogP contribution in [0.2, 0.25) is 0 Å². The van der Waals surface area contributed by atoms with E-state index in [9.17, 15) is 0 Å². The van der Waals surface area contributed by atoms with Gasteiger partial charge in [-0.05, 0) is 26.2 Å². The zero-order valence-electron chi connectivity index (χ0n) is 11.2. The van der Waals surface area contributed by atoms with Crippen molar-refractivity contribution in [3.05, 3.63) is 12.2 Å². The molecule has 2 nitrogen and oxygen atoms in total. The predicted molar refractivity (Wildman–Crippen MR) is 67.4 cm³/mol. The van der Waals surface area contributed by atoms with E-state index in [1.165, 1.54) is 0 Å². The first kappa shape index (κ1) is 13.7. The van der Waals surface area contributed by atoms with Gasteiger partial charge in [-0.2, -0.15) is 0 Å². The summed E-state index contributed by atoms with van der Waals surface area (Å²) >= 11 is 0. The van der Waals surface area contributed by atoms with Crippen LogP contribution in [0.5, 0.6) is 0 Å². The molecule has 0 spiro atoms. The first-order chi connectivity index (χ1) is 7.54. The van der Waals surface area contributed by atoms with Gasteiger partial charge in [-0.25, -0.2) is 0 Å². The van der Waals surface area contributed by atoms with Crippen molar-refractivity contribution in [3.63, 3.8) is 0 Å². The molecule has 0 N–H and O–H groups in total. The van der Waals surface area contributed by atoms with E-state index >= 15 is 0 Å². The Hall–Kier alpha value is -0.340. The van der Waals surface area contributed by atoms with Crippen LogP contribution in [-0.4, -0.2) is 19.0 Å². The molecule has 0 bridgehead atoms. The molecule has 0 amide bonds. The average Bonchev–Trinajstić information content (AvgIpc) is 2.27. The second-order valence-electron chi connectivity index (χ2n) is 5.47. The van der Waals surface area contributed by atoms with E-state index in [2.05, 4.69) is 39.8 Å². The standard InChI is InChI=1S/C14H26O2/c1-5-7-8-9-10-14(6-2)15-11-13(3,4)12-16-14/h5,7H,6,8-12H2,1-4H3/b7-5-. The number of hydrogen-bond donors (Lipinski definition) is 0. The third-order valence-corrected chi connectivity index (χ3v) is 3.15. The number of unbranched alkanes of at least 4 members (excludes halogenated alkanes) is 1. The minimum absolute atomic E-state index is 0.169. The number of hydrogen-bond acceptors (Lipinski definition) is 2. The van der Waals surface area contributed by atoms with Crippen molar-refractivity contribution in [1.82, 2.24) is 0 Å². The lowest BCUT2D eigenvalue weighted by Gasteiger charge is -2.43. The van der Waals surface area contributed by atoms with Gasteiger partial charge in [0.25, 0.3) is 0 Å². The molecule has 1 heterocycles. The first-order valence-corrected chi connectivity index (χ1v) is 6.43. The molecule has 1 aliphatic heterocycles. The molecule has 1 rings (SSSR count). The Morgan fingerprint density at radius 1 is 1.19 bits per heavy atom. The van der Waals surface area contributed by atoms with E-state index in [-0.39, 0.29) is 11.2 Å². The Morgan fingerprint density at radius 2 is 1.81 bits per heavy atom. The third kappa shape index (κ3) is 3.91. The molecular formula is C14H26O2. The van der Waals surface area contributed by atoms with E-state index in [1.807, 2.05) is 0 Å². The van der Waals surface area contributed by atoms with Crippen LogP contribution >= 0.6 is 0 Å². The molecule has 1 fully saturated rings. The molecule has 0 unspecified atom stereocenters. The fourth-order valence-corrected chi connectivity index (χ4v) is 1.92. The van der Waals surface area contributed by atoms with Gasteiger partial charge in [-0.1, -0.05) is 32.9 Å². The molecule has 0 aliphatic carbocycles. The predicted octanol–water partition coefficient (Wildman–Crippen LogP) is 3.91. The van der Waals surface area contributed by atoms with Crippen LogP contribution in [0.4, 0.5) is 0 Å². The second kappa shape index (κ2) is 5.83. The maximum absolute atomic E-state index is 5.96. The molecule has 0 aromatic heterocycles. The van der Waals surface area contributed by atoms with Gasteiger partial charge in [0.05, 0.1) is 13.2 Å². The third-order valence-electron chi connectivity index (χ3n) is 3.15. The molecule has 2 heteroatoms. The molecule has 0 aromatic carbocycles. The summed E-state index contributed by atoms with van der Waals surface area (Å²) in [6, 6.07) is 0. The van der Waals surface area contributed by atoms with Crippen molar-refractivity contribution in [1.29, 1.82) is 0 Å². The highest BCUT2D eigenvalue weighted by atomic mass is 16.7. The van der Waals surface area contributed by atoms with E-state index in [1.54, 1.807) is 0 Å². The van der Waals surface area contributed by atoms with E-state index < -0.39 is 0 Å². The maximum Gasteiger partial charge on any atom is 0.168 e. The van der Waals surface area contributed by atoms with Gasteiger partial charge < -0.3 is 9.47 Å². The summed E-state index contributed by atoms with van der Waals surface area (Å²) in [6.07, 6.45) is 8.51. The zero-order valence-corrected chi connectivity index (χ0v) is 11.2. The average molecular weight is 226 g/mol. The smallest absolute Gasteiger partial charge is 0.168 e. The van der Waals surface area contributed by atoms with Gasteiger partial charge in [0, 0.05) is 11.8 Å². The highest BCUT2D eigenvalue weighted by Gasteiger charge is 2.38. The Bertz CT molecular complexity index is 221. The molecule has 0 radical (unpaired) electrons. The van der Waals surface area contributed by atoms with E-state index in [0.29, 0.717) is 0 Å². The Balaban J connectivity index is 2.40. The van der Waals surface area contributed by atoms with Gasteiger partial charge >= 0.3 is 0 Å². The Morgan fingerprint density at radius 3 is 2.31 bits per heavy atom. The summed E-state index contributed by atoms with van der Waals surface area (Å²) in [5, 5.41) is 0. The van der Waals surface area contributed by atoms with Crippen LogP contribution < -0.4 is 0 Å². The summed E-state index contributed by atoms with van der Waals surface area (Å²) in [7, 11) is 0. The van der Waals surface area contributed by atoms with Gasteiger partial charge in [0.15, 0.2) is 5.79 Å². The Labute approximate surface area is 100 Å². The topological polar surface area (TPSA) is 18.5 Å². The minimum atomic E-state index is -0.308. The maximum atomic E-state index is 5.96. The second-order valence-corrected chi connectivity index (χ2v) is 5.47. The molecule has 16 heavy (non-hydrogen) atoms. The normalized spacial score (nSPS) is 23.8. The van der Waals surface area contributed by atoms with Crippen LogP contribution in [0.15, 0.2) is 12.2 Å². The molecular weight excluding hydrogens is 200 g/mol. The van der Waals surface area contributed by atoms with Gasteiger partial charge in [0.1, 0.15) is 0 Å². The SMILES string of the molecule is C/C=C\CCCC1(CC)OCC(C)(C)CO1. The van der Waals surface area contributed by atoms with E-state index in [0.717, 1.165) is 38.9 Å². The fraction of sp³-hybridized carbons (Fsp3) is 0.857. The van der Waals surface area contributed by atoms with Crippen molar-refractivity contribution in [2.24, 2.45) is 5.41 Å². The summed E-state index contributed by atoms with van der Waals surface area (Å²) in [6.45, 7) is 10.2. The molecule has 94 valence electrons. The number of allylic oxidation sites excluding steroid dienone is 2. The van der Waals surface area contributed by atoms with Crippen molar-refractivity contribution >= 4 is 0 Å². The Kier molecular flexibility index (Phi) is 5.00.